The van der Waals surface area contributed by atoms with E-state index in [4.69, 9.17) is 0 Å². The Morgan fingerprint density at radius 3 is 2.04 bits per heavy atom. The van der Waals surface area contributed by atoms with E-state index in [0.717, 1.165) is 24.3 Å². The Morgan fingerprint density at radius 1 is 0.778 bits per heavy atom. The van der Waals surface area contributed by atoms with Gasteiger partial charge in [-0.3, -0.25) is 9.59 Å². The van der Waals surface area contributed by atoms with Crippen molar-refractivity contribution < 1.29 is 27.9 Å². The van der Waals surface area contributed by atoms with Crippen molar-refractivity contribution >= 4 is 34.0 Å². The van der Waals surface area contributed by atoms with Gasteiger partial charge in [-0.15, -0.1) is 0 Å². The maximum absolute atomic E-state index is 12.5. The highest BCUT2D eigenvalue weighted by molar-refractivity contribution is 6.44. The molecule has 0 radical (unpaired) electrons. The average molecular weight is 374 g/mol. The van der Waals surface area contributed by atoms with Gasteiger partial charge in [-0.2, -0.15) is 13.2 Å². The number of hydrogen-bond donors (Lipinski definition) is 3. The summed E-state index contributed by atoms with van der Waals surface area (Å²) < 4.78 is 37.6. The molecule has 3 aromatic carbocycles. The number of phenols is 1. The lowest BCUT2D eigenvalue weighted by Crippen LogP contribution is -2.29. The van der Waals surface area contributed by atoms with Crippen LogP contribution in [0, 0.1) is 0 Å². The number of anilines is 2. The van der Waals surface area contributed by atoms with Crippen molar-refractivity contribution in [2.75, 3.05) is 10.6 Å². The normalized spacial score (nSPS) is 11.2. The molecule has 3 rings (SSSR count). The summed E-state index contributed by atoms with van der Waals surface area (Å²) in [6.07, 6.45) is -4.49. The third-order valence-electron chi connectivity index (χ3n) is 3.82. The highest BCUT2D eigenvalue weighted by Crippen LogP contribution is 2.31. The number of carbonyl (C=O) groups is 2. The fourth-order valence-electron chi connectivity index (χ4n) is 2.51. The SMILES string of the molecule is O=C(Nc1ccc(C(F)(F)F)cc1)C(=O)Nc1cccc2c(O)cccc12. The van der Waals surface area contributed by atoms with Crippen molar-refractivity contribution in [3.8, 4) is 5.75 Å². The number of alkyl halides is 3. The number of halogens is 3. The third-order valence-corrected chi connectivity index (χ3v) is 3.82. The van der Waals surface area contributed by atoms with Crippen molar-refractivity contribution in [2.45, 2.75) is 6.18 Å². The summed E-state index contributed by atoms with van der Waals surface area (Å²) in [5, 5.41) is 15.5. The second kappa shape index (κ2) is 6.99. The first-order valence-electron chi connectivity index (χ1n) is 7.76. The quantitative estimate of drug-likeness (QED) is 0.590. The van der Waals surface area contributed by atoms with Gasteiger partial charge in [-0.1, -0.05) is 24.3 Å². The summed E-state index contributed by atoms with van der Waals surface area (Å²) in [5.41, 5.74) is -0.491. The van der Waals surface area contributed by atoms with Crippen molar-refractivity contribution in [3.63, 3.8) is 0 Å². The zero-order chi connectivity index (χ0) is 19.6. The van der Waals surface area contributed by atoms with Crippen LogP contribution in [0.4, 0.5) is 24.5 Å². The highest BCUT2D eigenvalue weighted by atomic mass is 19.4. The molecule has 5 nitrogen and oxygen atoms in total. The standard InChI is InChI=1S/C19H13F3N2O3/c20-19(21,22)11-7-9-12(10-8-11)23-17(26)18(27)24-15-5-1-4-14-13(15)3-2-6-16(14)25/h1-10,25H,(H,23,26)(H,24,27). The smallest absolute Gasteiger partial charge is 0.416 e. The van der Waals surface area contributed by atoms with Crippen LogP contribution in [0.5, 0.6) is 5.75 Å². The van der Waals surface area contributed by atoms with Crippen LogP contribution in [0.3, 0.4) is 0 Å². The molecule has 8 heteroatoms. The van der Waals surface area contributed by atoms with E-state index in [1.807, 2.05) is 0 Å². The minimum Gasteiger partial charge on any atom is -0.507 e. The number of hydrogen-bond acceptors (Lipinski definition) is 3. The van der Waals surface area contributed by atoms with Gasteiger partial charge in [0.25, 0.3) is 0 Å². The van der Waals surface area contributed by atoms with Gasteiger partial charge in [0.1, 0.15) is 5.75 Å². The number of fused-ring (bicyclic) bond motifs is 1. The molecule has 0 bridgehead atoms. The highest BCUT2D eigenvalue weighted by Gasteiger charge is 2.30. The van der Waals surface area contributed by atoms with Crippen LogP contribution < -0.4 is 10.6 Å². The zero-order valence-corrected chi connectivity index (χ0v) is 13.7. The average Bonchev–Trinajstić information content (AvgIpc) is 2.62. The Hall–Kier alpha value is -3.55. The van der Waals surface area contributed by atoms with E-state index in [1.54, 1.807) is 30.3 Å². The topological polar surface area (TPSA) is 78.4 Å². The predicted molar refractivity (Wildman–Crippen MR) is 94.3 cm³/mol. The Kier molecular flexibility index (Phi) is 4.72. The monoisotopic (exact) mass is 374 g/mol. The van der Waals surface area contributed by atoms with Gasteiger partial charge >= 0.3 is 18.0 Å². The van der Waals surface area contributed by atoms with E-state index >= 15 is 0 Å². The maximum atomic E-state index is 12.5. The van der Waals surface area contributed by atoms with Crippen LogP contribution in [0.15, 0.2) is 60.7 Å². The molecular weight excluding hydrogens is 361 g/mol. The molecule has 0 aliphatic rings. The molecule has 0 aliphatic carbocycles. The van der Waals surface area contributed by atoms with E-state index in [-0.39, 0.29) is 11.4 Å². The zero-order valence-electron chi connectivity index (χ0n) is 13.7. The third kappa shape index (κ3) is 4.00. The molecule has 0 spiro atoms. The number of benzene rings is 3. The lowest BCUT2D eigenvalue weighted by molar-refractivity contribution is -0.137. The molecule has 0 saturated carbocycles. The number of phenolic OH excluding ortho intramolecular Hbond substituents is 1. The van der Waals surface area contributed by atoms with Crippen LogP contribution in [0.1, 0.15) is 5.56 Å². The first-order chi connectivity index (χ1) is 12.8. The second-order valence-electron chi connectivity index (χ2n) is 5.66. The molecular formula is C19H13F3N2O3. The summed E-state index contributed by atoms with van der Waals surface area (Å²) in [7, 11) is 0. The fraction of sp³-hybridized carbons (Fsp3) is 0.0526. The van der Waals surface area contributed by atoms with Gasteiger partial charge in [-0.25, -0.2) is 0 Å². The van der Waals surface area contributed by atoms with Crippen molar-refractivity contribution in [1.82, 2.24) is 0 Å². The number of nitrogens with one attached hydrogen (secondary N) is 2. The van der Waals surface area contributed by atoms with Crippen LogP contribution in [0.2, 0.25) is 0 Å². The van der Waals surface area contributed by atoms with Gasteiger partial charge in [0.05, 0.1) is 5.56 Å². The van der Waals surface area contributed by atoms with Gasteiger partial charge in [0.15, 0.2) is 0 Å². The first kappa shape index (κ1) is 18.2. The predicted octanol–water partition coefficient (Wildman–Crippen LogP) is 4.14. The van der Waals surface area contributed by atoms with Crippen LogP contribution in [-0.4, -0.2) is 16.9 Å². The number of carbonyl (C=O) groups excluding carboxylic acids is 2. The molecule has 3 aromatic rings. The minimum absolute atomic E-state index is 0.0257. The lowest BCUT2D eigenvalue weighted by atomic mass is 10.1. The largest absolute Gasteiger partial charge is 0.507 e. The lowest BCUT2D eigenvalue weighted by Gasteiger charge is -2.11. The van der Waals surface area contributed by atoms with E-state index in [1.165, 1.54) is 6.07 Å². The van der Waals surface area contributed by atoms with E-state index in [0.29, 0.717) is 16.5 Å². The molecule has 0 aromatic heterocycles. The summed E-state index contributed by atoms with van der Waals surface area (Å²) >= 11 is 0. The Morgan fingerprint density at radius 2 is 1.37 bits per heavy atom. The van der Waals surface area contributed by atoms with E-state index in [2.05, 4.69) is 10.6 Å². The molecule has 27 heavy (non-hydrogen) atoms. The molecule has 0 saturated heterocycles. The number of amides is 2. The van der Waals surface area contributed by atoms with Crippen LogP contribution >= 0.6 is 0 Å². The Labute approximate surface area is 151 Å². The number of aromatic hydroxyl groups is 1. The van der Waals surface area contributed by atoms with Gasteiger partial charge in [0.2, 0.25) is 0 Å². The summed E-state index contributed by atoms with van der Waals surface area (Å²) in [6, 6.07) is 13.3. The molecule has 0 fully saturated rings. The second-order valence-corrected chi connectivity index (χ2v) is 5.66. The van der Waals surface area contributed by atoms with Crippen LogP contribution in [0.25, 0.3) is 10.8 Å². The van der Waals surface area contributed by atoms with E-state index < -0.39 is 23.6 Å². The summed E-state index contributed by atoms with van der Waals surface area (Å²) in [5.74, 6) is -2.00. The number of rotatable bonds is 2. The van der Waals surface area contributed by atoms with Gasteiger partial charge in [-0.05, 0) is 36.4 Å². The van der Waals surface area contributed by atoms with Crippen molar-refractivity contribution in [2.24, 2.45) is 0 Å². The Balaban J connectivity index is 1.73. The molecule has 0 aliphatic heterocycles. The molecule has 0 unspecified atom stereocenters. The molecule has 2 amide bonds. The minimum atomic E-state index is -4.49. The molecule has 0 atom stereocenters. The van der Waals surface area contributed by atoms with Crippen LogP contribution in [-0.2, 0) is 15.8 Å². The van der Waals surface area contributed by atoms with E-state index in [9.17, 15) is 27.9 Å². The maximum Gasteiger partial charge on any atom is 0.416 e. The van der Waals surface area contributed by atoms with Gasteiger partial charge < -0.3 is 15.7 Å². The van der Waals surface area contributed by atoms with Gasteiger partial charge in [0, 0.05) is 22.1 Å². The fourth-order valence-corrected chi connectivity index (χ4v) is 2.51. The molecule has 138 valence electrons. The summed E-state index contributed by atoms with van der Waals surface area (Å²) in [4.78, 5) is 24.1. The van der Waals surface area contributed by atoms with Crippen molar-refractivity contribution in [3.05, 3.63) is 66.2 Å². The summed E-state index contributed by atoms with van der Waals surface area (Å²) in [6.45, 7) is 0. The Bertz CT molecular complexity index is 1010. The first-order valence-corrected chi connectivity index (χ1v) is 7.76. The van der Waals surface area contributed by atoms with Crippen molar-refractivity contribution in [1.29, 1.82) is 0 Å². The molecule has 0 heterocycles. The molecule has 3 N–H and O–H groups in total.